The van der Waals surface area contributed by atoms with Crippen molar-refractivity contribution in [2.75, 3.05) is 19.6 Å². The summed E-state index contributed by atoms with van der Waals surface area (Å²) in [5.41, 5.74) is 5.60. The number of hydrogen-bond acceptors (Lipinski definition) is 3. The van der Waals surface area contributed by atoms with E-state index >= 15 is 0 Å². The summed E-state index contributed by atoms with van der Waals surface area (Å²) in [7, 11) is 0. The minimum absolute atomic E-state index is 0.735. The first-order valence-electron chi connectivity index (χ1n) is 5.73. The molecule has 2 aromatic rings. The zero-order valence-electron chi connectivity index (χ0n) is 9.65. The minimum Gasteiger partial charge on any atom is -0.329 e. The van der Waals surface area contributed by atoms with E-state index in [9.17, 15) is 0 Å². The van der Waals surface area contributed by atoms with Crippen molar-refractivity contribution < 1.29 is 0 Å². The SMILES string of the molecule is CCN(CCN)Cc1cc2ccccc2s1. The summed E-state index contributed by atoms with van der Waals surface area (Å²) < 4.78 is 1.38. The van der Waals surface area contributed by atoms with E-state index in [-0.39, 0.29) is 0 Å². The lowest BCUT2D eigenvalue weighted by atomic mass is 10.2. The molecule has 1 heterocycles. The summed E-state index contributed by atoms with van der Waals surface area (Å²) in [4.78, 5) is 3.81. The van der Waals surface area contributed by atoms with E-state index in [0.29, 0.717) is 0 Å². The number of nitrogens with two attached hydrogens (primary N) is 1. The average Bonchev–Trinajstić information content (AvgIpc) is 2.70. The van der Waals surface area contributed by atoms with Gasteiger partial charge in [0.05, 0.1) is 0 Å². The second-order valence-electron chi connectivity index (χ2n) is 3.91. The van der Waals surface area contributed by atoms with E-state index in [4.69, 9.17) is 5.73 Å². The third-order valence-corrected chi connectivity index (χ3v) is 3.85. The van der Waals surface area contributed by atoms with Gasteiger partial charge in [-0.15, -0.1) is 11.3 Å². The van der Waals surface area contributed by atoms with Gasteiger partial charge in [-0.1, -0.05) is 25.1 Å². The van der Waals surface area contributed by atoms with Crippen molar-refractivity contribution in [3.63, 3.8) is 0 Å². The Morgan fingerprint density at radius 2 is 2.12 bits per heavy atom. The van der Waals surface area contributed by atoms with Crippen LogP contribution in [0.25, 0.3) is 10.1 Å². The molecule has 3 heteroatoms. The lowest BCUT2D eigenvalue weighted by Crippen LogP contribution is -2.28. The first kappa shape index (κ1) is 11.6. The zero-order chi connectivity index (χ0) is 11.4. The number of fused-ring (bicyclic) bond motifs is 1. The molecule has 2 N–H and O–H groups in total. The largest absolute Gasteiger partial charge is 0.329 e. The predicted octanol–water partition coefficient (Wildman–Crippen LogP) is 2.68. The summed E-state index contributed by atoms with van der Waals surface area (Å²) in [6.07, 6.45) is 0. The fourth-order valence-electron chi connectivity index (χ4n) is 1.87. The molecule has 0 aliphatic carbocycles. The van der Waals surface area contributed by atoms with Gasteiger partial charge in [0.2, 0.25) is 0 Å². The van der Waals surface area contributed by atoms with Gasteiger partial charge in [-0.05, 0) is 24.1 Å². The van der Waals surface area contributed by atoms with Gasteiger partial charge in [0.25, 0.3) is 0 Å². The molecule has 16 heavy (non-hydrogen) atoms. The Morgan fingerprint density at radius 1 is 1.31 bits per heavy atom. The van der Waals surface area contributed by atoms with Gasteiger partial charge < -0.3 is 5.73 Å². The van der Waals surface area contributed by atoms with Crippen LogP contribution in [0.15, 0.2) is 30.3 Å². The van der Waals surface area contributed by atoms with Crippen molar-refractivity contribution in [3.05, 3.63) is 35.2 Å². The number of thiophene rings is 1. The molecule has 0 aliphatic heterocycles. The highest BCUT2D eigenvalue weighted by atomic mass is 32.1. The fraction of sp³-hybridized carbons (Fsp3) is 0.385. The molecule has 2 rings (SSSR count). The van der Waals surface area contributed by atoms with Gasteiger partial charge >= 0.3 is 0 Å². The van der Waals surface area contributed by atoms with Crippen LogP contribution in [-0.4, -0.2) is 24.5 Å². The Bertz CT molecular complexity index is 417. The summed E-state index contributed by atoms with van der Waals surface area (Å²) >= 11 is 1.88. The summed E-state index contributed by atoms with van der Waals surface area (Å²) in [5.74, 6) is 0. The predicted molar refractivity (Wildman–Crippen MR) is 71.8 cm³/mol. The number of likely N-dealkylation sites (N-methyl/N-ethyl adjacent to an activating group) is 1. The molecule has 2 nitrogen and oxygen atoms in total. The maximum atomic E-state index is 5.60. The van der Waals surface area contributed by atoms with Gasteiger partial charge in [0.15, 0.2) is 0 Å². The van der Waals surface area contributed by atoms with Crippen LogP contribution < -0.4 is 5.73 Å². The van der Waals surface area contributed by atoms with Crippen LogP contribution >= 0.6 is 11.3 Å². The number of benzene rings is 1. The Hall–Kier alpha value is -0.900. The molecule has 0 fully saturated rings. The third kappa shape index (κ3) is 2.61. The molecule has 0 saturated carbocycles. The van der Waals surface area contributed by atoms with Crippen molar-refractivity contribution >= 4 is 21.4 Å². The maximum Gasteiger partial charge on any atom is 0.0346 e. The Morgan fingerprint density at radius 3 is 2.81 bits per heavy atom. The van der Waals surface area contributed by atoms with Crippen LogP contribution in [0.4, 0.5) is 0 Å². The Kier molecular flexibility index (Phi) is 3.93. The smallest absolute Gasteiger partial charge is 0.0346 e. The van der Waals surface area contributed by atoms with Crippen LogP contribution in [0, 0.1) is 0 Å². The minimum atomic E-state index is 0.735. The quantitative estimate of drug-likeness (QED) is 0.862. The number of rotatable bonds is 5. The molecule has 1 aromatic heterocycles. The summed E-state index contributed by atoms with van der Waals surface area (Å²) in [6.45, 7) is 5.98. The molecule has 0 aliphatic rings. The fourth-order valence-corrected chi connectivity index (χ4v) is 2.97. The van der Waals surface area contributed by atoms with Crippen LogP contribution in [0.3, 0.4) is 0 Å². The molecular formula is C13H18N2S. The highest BCUT2D eigenvalue weighted by Crippen LogP contribution is 2.26. The third-order valence-electron chi connectivity index (χ3n) is 2.75. The summed E-state index contributed by atoms with van der Waals surface area (Å²) in [6, 6.07) is 10.8. The van der Waals surface area contributed by atoms with E-state index in [1.807, 2.05) is 11.3 Å². The van der Waals surface area contributed by atoms with Crippen molar-refractivity contribution in [1.29, 1.82) is 0 Å². The molecule has 0 amide bonds. The van der Waals surface area contributed by atoms with Crippen molar-refractivity contribution in [2.24, 2.45) is 5.73 Å². The normalized spacial score (nSPS) is 11.4. The van der Waals surface area contributed by atoms with Crippen molar-refractivity contribution in [2.45, 2.75) is 13.5 Å². The van der Waals surface area contributed by atoms with Crippen LogP contribution in [0.1, 0.15) is 11.8 Å². The molecule has 0 atom stereocenters. The lowest BCUT2D eigenvalue weighted by Gasteiger charge is -2.17. The van der Waals surface area contributed by atoms with Gasteiger partial charge in [-0.25, -0.2) is 0 Å². The number of nitrogens with zero attached hydrogens (tertiary/aromatic N) is 1. The Balaban J connectivity index is 2.14. The highest BCUT2D eigenvalue weighted by Gasteiger charge is 2.05. The number of hydrogen-bond donors (Lipinski definition) is 1. The van der Waals surface area contributed by atoms with E-state index in [2.05, 4.69) is 42.2 Å². The molecule has 0 unspecified atom stereocenters. The first-order valence-corrected chi connectivity index (χ1v) is 6.55. The standard InChI is InChI=1S/C13H18N2S/c1-2-15(8-7-14)10-12-9-11-5-3-4-6-13(11)16-12/h3-6,9H,2,7-8,10,14H2,1H3. The van der Waals surface area contributed by atoms with Crippen molar-refractivity contribution in [1.82, 2.24) is 4.90 Å². The van der Waals surface area contributed by atoms with E-state index < -0.39 is 0 Å². The molecule has 0 spiro atoms. The van der Waals surface area contributed by atoms with Crippen LogP contribution in [-0.2, 0) is 6.54 Å². The first-order chi connectivity index (χ1) is 7.83. The average molecular weight is 234 g/mol. The maximum absolute atomic E-state index is 5.60. The van der Waals surface area contributed by atoms with E-state index in [1.165, 1.54) is 15.0 Å². The Labute approximate surface area is 101 Å². The van der Waals surface area contributed by atoms with Crippen molar-refractivity contribution in [3.8, 4) is 0 Å². The van der Waals surface area contributed by atoms with Crippen LogP contribution in [0.2, 0.25) is 0 Å². The van der Waals surface area contributed by atoms with Gasteiger partial charge in [-0.3, -0.25) is 4.90 Å². The second kappa shape index (κ2) is 5.43. The highest BCUT2D eigenvalue weighted by molar-refractivity contribution is 7.19. The van der Waals surface area contributed by atoms with E-state index in [0.717, 1.165) is 26.2 Å². The molecule has 0 bridgehead atoms. The van der Waals surface area contributed by atoms with Crippen LogP contribution in [0.5, 0.6) is 0 Å². The zero-order valence-corrected chi connectivity index (χ0v) is 10.5. The topological polar surface area (TPSA) is 29.3 Å². The van der Waals surface area contributed by atoms with Gasteiger partial charge in [0.1, 0.15) is 0 Å². The second-order valence-corrected chi connectivity index (χ2v) is 5.08. The molecule has 0 radical (unpaired) electrons. The summed E-state index contributed by atoms with van der Waals surface area (Å²) in [5, 5.41) is 1.35. The molecule has 0 saturated heterocycles. The van der Waals surface area contributed by atoms with Gasteiger partial charge in [-0.2, -0.15) is 0 Å². The molecule has 86 valence electrons. The molecular weight excluding hydrogens is 216 g/mol. The molecule has 1 aromatic carbocycles. The lowest BCUT2D eigenvalue weighted by molar-refractivity contribution is 0.291. The van der Waals surface area contributed by atoms with E-state index in [1.54, 1.807) is 0 Å². The van der Waals surface area contributed by atoms with Gasteiger partial charge in [0, 0.05) is 29.2 Å². The monoisotopic (exact) mass is 234 g/mol.